The van der Waals surface area contributed by atoms with Gasteiger partial charge in [0.05, 0.1) is 0 Å². The second-order valence-corrected chi connectivity index (χ2v) is 2.37. The van der Waals surface area contributed by atoms with E-state index in [1.54, 1.807) is 12.1 Å². The maximum atomic E-state index is 11.0. The summed E-state index contributed by atoms with van der Waals surface area (Å²) in [5, 5.41) is 2.53. The number of carbonyl (C=O) groups is 1. The quantitative estimate of drug-likeness (QED) is 0.516. The summed E-state index contributed by atoms with van der Waals surface area (Å²) < 4.78 is 4.72. The van der Waals surface area contributed by atoms with Crippen LogP contribution < -0.4 is 4.74 Å². The van der Waals surface area contributed by atoms with Crippen LogP contribution in [-0.4, -0.2) is 17.0 Å². The van der Waals surface area contributed by atoms with E-state index in [1.165, 1.54) is 19.2 Å². The highest BCUT2D eigenvalue weighted by atomic mass is 16.5. The van der Waals surface area contributed by atoms with Gasteiger partial charge in [0.25, 0.3) is 0 Å². The SMILES string of the molecule is CC(N=O)C(=O)Oc1ccccn1. The lowest BCUT2D eigenvalue weighted by Gasteiger charge is -2.02. The van der Waals surface area contributed by atoms with Crippen molar-refractivity contribution in [3.8, 4) is 5.88 Å². The molecule has 0 aliphatic carbocycles. The molecule has 5 heteroatoms. The smallest absolute Gasteiger partial charge is 0.340 e. The predicted molar refractivity (Wildman–Crippen MR) is 45.1 cm³/mol. The lowest BCUT2D eigenvalue weighted by molar-refractivity contribution is -0.135. The standard InChI is InChI=1S/C8H8N2O3/c1-6(10-12)8(11)13-7-4-2-3-5-9-7/h2-6H,1H3. The number of pyridine rings is 1. The highest BCUT2D eigenvalue weighted by Gasteiger charge is 2.15. The normalized spacial score (nSPS) is 11.8. The molecule has 1 atom stereocenters. The zero-order chi connectivity index (χ0) is 9.68. The Morgan fingerprint density at radius 1 is 1.62 bits per heavy atom. The number of ether oxygens (including phenoxy) is 1. The van der Waals surface area contributed by atoms with Crippen molar-refractivity contribution in [3.05, 3.63) is 29.3 Å². The predicted octanol–water partition coefficient (Wildman–Crippen LogP) is 1.14. The Morgan fingerprint density at radius 2 is 2.38 bits per heavy atom. The second kappa shape index (κ2) is 4.30. The molecule has 0 saturated carbocycles. The van der Waals surface area contributed by atoms with Gasteiger partial charge in [0, 0.05) is 12.3 Å². The molecular weight excluding hydrogens is 172 g/mol. The molecule has 1 unspecified atom stereocenters. The Kier molecular flexibility index (Phi) is 3.08. The number of hydrogen-bond donors (Lipinski definition) is 0. The van der Waals surface area contributed by atoms with Crippen molar-refractivity contribution >= 4 is 5.97 Å². The summed E-state index contributed by atoms with van der Waals surface area (Å²) in [6.07, 6.45) is 1.49. The van der Waals surface area contributed by atoms with Gasteiger partial charge in [-0.3, -0.25) is 0 Å². The van der Waals surface area contributed by atoms with Crippen LogP contribution in [0.4, 0.5) is 0 Å². The Balaban J connectivity index is 2.60. The summed E-state index contributed by atoms with van der Waals surface area (Å²) in [6, 6.07) is 3.89. The maximum absolute atomic E-state index is 11.0. The minimum atomic E-state index is -0.998. The number of nitrogens with zero attached hydrogens (tertiary/aromatic N) is 2. The fourth-order valence-electron chi connectivity index (χ4n) is 0.639. The first kappa shape index (κ1) is 9.31. The molecule has 0 radical (unpaired) electrons. The van der Waals surface area contributed by atoms with Gasteiger partial charge in [0.1, 0.15) is 0 Å². The van der Waals surface area contributed by atoms with Crippen LogP contribution in [0.2, 0.25) is 0 Å². The van der Waals surface area contributed by atoms with Gasteiger partial charge in [-0.15, -0.1) is 4.91 Å². The largest absolute Gasteiger partial charge is 0.406 e. The van der Waals surface area contributed by atoms with Crippen LogP contribution in [0.3, 0.4) is 0 Å². The van der Waals surface area contributed by atoms with E-state index in [0.717, 1.165) is 0 Å². The van der Waals surface area contributed by atoms with E-state index in [2.05, 4.69) is 10.2 Å². The van der Waals surface area contributed by atoms with Crippen LogP contribution in [0, 0.1) is 4.91 Å². The van der Waals surface area contributed by atoms with Crippen molar-refractivity contribution in [2.45, 2.75) is 13.0 Å². The van der Waals surface area contributed by atoms with E-state index in [-0.39, 0.29) is 5.88 Å². The van der Waals surface area contributed by atoms with Crippen LogP contribution in [0.25, 0.3) is 0 Å². The van der Waals surface area contributed by atoms with Gasteiger partial charge >= 0.3 is 5.97 Å². The van der Waals surface area contributed by atoms with Gasteiger partial charge in [-0.25, -0.2) is 9.78 Å². The average molecular weight is 180 g/mol. The molecule has 0 bridgehead atoms. The van der Waals surface area contributed by atoms with E-state index >= 15 is 0 Å². The molecule has 0 fully saturated rings. The summed E-state index contributed by atoms with van der Waals surface area (Å²) in [5.41, 5.74) is 0. The van der Waals surface area contributed by atoms with Crippen molar-refractivity contribution in [1.29, 1.82) is 0 Å². The molecule has 0 amide bonds. The van der Waals surface area contributed by atoms with Gasteiger partial charge in [0.15, 0.2) is 6.04 Å². The number of rotatable bonds is 3. The molecule has 0 N–H and O–H groups in total. The summed E-state index contributed by atoms with van der Waals surface area (Å²) in [4.78, 5) is 24.7. The van der Waals surface area contributed by atoms with Crippen molar-refractivity contribution < 1.29 is 9.53 Å². The first-order valence-corrected chi connectivity index (χ1v) is 3.69. The number of esters is 1. The molecule has 1 rings (SSSR count). The van der Waals surface area contributed by atoms with Gasteiger partial charge in [-0.05, 0) is 13.0 Å². The summed E-state index contributed by atoms with van der Waals surface area (Å²) in [6.45, 7) is 1.36. The average Bonchev–Trinajstić information content (AvgIpc) is 2.18. The molecular formula is C8H8N2O3. The molecule has 13 heavy (non-hydrogen) atoms. The molecule has 0 aromatic carbocycles. The molecule has 0 saturated heterocycles. The van der Waals surface area contributed by atoms with Gasteiger partial charge < -0.3 is 4.74 Å². The lowest BCUT2D eigenvalue weighted by Crippen LogP contribution is -2.20. The number of hydrogen-bond acceptors (Lipinski definition) is 5. The van der Waals surface area contributed by atoms with Crippen LogP contribution in [0.5, 0.6) is 5.88 Å². The van der Waals surface area contributed by atoms with Crippen LogP contribution in [0.1, 0.15) is 6.92 Å². The van der Waals surface area contributed by atoms with Crippen LogP contribution in [0.15, 0.2) is 29.6 Å². The van der Waals surface area contributed by atoms with Crippen LogP contribution >= 0.6 is 0 Å². The second-order valence-electron chi connectivity index (χ2n) is 2.37. The molecule has 1 aromatic rings. The summed E-state index contributed by atoms with van der Waals surface area (Å²) >= 11 is 0. The Labute approximate surface area is 74.7 Å². The molecule has 0 aliphatic rings. The zero-order valence-electron chi connectivity index (χ0n) is 7.01. The van der Waals surface area contributed by atoms with E-state index in [9.17, 15) is 9.70 Å². The number of carbonyl (C=O) groups excluding carboxylic acids is 1. The lowest BCUT2D eigenvalue weighted by atomic mass is 10.4. The Bertz CT molecular complexity index is 300. The number of nitroso groups, excluding NO2 is 1. The fraction of sp³-hybridized carbons (Fsp3) is 0.250. The minimum Gasteiger partial charge on any atom is -0.406 e. The Morgan fingerprint density at radius 3 is 2.92 bits per heavy atom. The topological polar surface area (TPSA) is 68.6 Å². The van der Waals surface area contributed by atoms with E-state index < -0.39 is 12.0 Å². The third-order valence-corrected chi connectivity index (χ3v) is 1.34. The van der Waals surface area contributed by atoms with E-state index in [0.29, 0.717) is 0 Å². The van der Waals surface area contributed by atoms with Gasteiger partial charge in [-0.1, -0.05) is 11.2 Å². The molecule has 1 heterocycles. The highest BCUT2D eigenvalue weighted by molar-refractivity contribution is 5.77. The maximum Gasteiger partial charge on any atom is 0.340 e. The number of aromatic nitrogens is 1. The molecule has 0 spiro atoms. The minimum absolute atomic E-state index is 0.169. The first-order valence-electron chi connectivity index (χ1n) is 3.69. The molecule has 5 nitrogen and oxygen atoms in total. The summed E-state index contributed by atoms with van der Waals surface area (Å²) in [5.74, 6) is -0.531. The zero-order valence-corrected chi connectivity index (χ0v) is 7.01. The third-order valence-electron chi connectivity index (χ3n) is 1.34. The van der Waals surface area contributed by atoms with Gasteiger partial charge in [-0.2, -0.15) is 0 Å². The molecule has 0 aliphatic heterocycles. The molecule has 1 aromatic heterocycles. The van der Waals surface area contributed by atoms with E-state index in [1.807, 2.05) is 0 Å². The monoisotopic (exact) mass is 180 g/mol. The van der Waals surface area contributed by atoms with E-state index in [4.69, 9.17) is 4.74 Å². The van der Waals surface area contributed by atoms with Gasteiger partial charge in [0.2, 0.25) is 5.88 Å². The first-order chi connectivity index (χ1) is 6.24. The highest BCUT2D eigenvalue weighted by Crippen LogP contribution is 2.05. The Hall–Kier alpha value is -1.78. The third kappa shape index (κ3) is 2.62. The molecule has 68 valence electrons. The van der Waals surface area contributed by atoms with Crippen molar-refractivity contribution in [2.24, 2.45) is 5.18 Å². The summed E-state index contributed by atoms with van der Waals surface area (Å²) in [7, 11) is 0. The van der Waals surface area contributed by atoms with Crippen molar-refractivity contribution in [3.63, 3.8) is 0 Å². The fourth-order valence-corrected chi connectivity index (χ4v) is 0.639. The van der Waals surface area contributed by atoms with Crippen LogP contribution in [-0.2, 0) is 4.79 Å². The van der Waals surface area contributed by atoms with Crippen molar-refractivity contribution in [1.82, 2.24) is 4.98 Å². The van der Waals surface area contributed by atoms with Crippen molar-refractivity contribution in [2.75, 3.05) is 0 Å².